The Balaban J connectivity index is 2.17. The highest BCUT2D eigenvalue weighted by molar-refractivity contribution is 7.18. The molecule has 0 nitrogen and oxygen atoms in total. The van der Waals surface area contributed by atoms with Crippen molar-refractivity contribution in [1.82, 2.24) is 0 Å². The van der Waals surface area contributed by atoms with E-state index in [1.54, 1.807) is 0 Å². The summed E-state index contributed by atoms with van der Waals surface area (Å²) in [6, 6.07) is 0. The standard InChI is InChI=1S/C8H15P/c1-4-5(2)8(4)6(3)7(8)9/h4-7H,9H2,1-3H3. The molecule has 2 fully saturated rings. The first-order chi connectivity index (χ1) is 4.13. The van der Waals surface area contributed by atoms with E-state index in [1.165, 1.54) is 0 Å². The largest absolute Gasteiger partial charge is 0.134 e. The molecule has 1 spiro atoms. The van der Waals surface area contributed by atoms with Gasteiger partial charge in [0.2, 0.25) is 0 Å². The highest BCUT2D eigenvalue weighted by Crippen LogP contribution is 2.80. The molecule has 0 bridgehead atoms. The molecule has 0 heterocycles. The van der Waals surface area contributed by atoms with Crippen molar-refractivity contribution in [1.29, 1.82) is 0 Å². The number of hydrogen-bond donors (Lipinski definition) is 0. The van der Waals surface area contributed by atoms with E-state index >= 15 is 0 Å². The Labute approximate surface area is 59.6 Å². The quantitative estimate of drug-likeness (QED) is 0.454. The van der Waals surface area contributed by atoms with Crippen LogP contribution in [-0.2, 0) is 0 Å². The van der Waals surface area contributed by atoms with Crippen molar-refractivity contribution in [3.05, 3.63) is 0 Å². The van der Waals surface area contributed by atoms with Gasteiger partial charge in [0.1, 0.15) is 0 Å². The topological polar surface area (TPSA) is 0 Å². The van der Waals surface area contributed by atoms with Crippen molar-refractivity contribution in [2.45, 2.75) is 26.4 Å². The smallest absolute Gasteiger partial charge is 0.0143 e. The molecule has 0 radical (unpaired) electrons. The van der Waals surface area contributed by atoms with Gasteiger partial charge >= 0.3 is 0 Å². The van der Waals surface area contributed by atoms with Crippen molar-refractivity contribution in [2.24, 2.45) is 23.2 Å². The molecule has 1 heteroatoms. The maximum absolute atomic E-state index is 2.99. The fraction of sp³-hybridized carbons (Fsp3) is 1.00. The van der Waals surface area contributed by atoms with E-state index in [9.17, 15) is 0 Å². The minimum absolute atomic E-state index is 0.796. The summed E-state index contributed by atoms with van der Waals surface area (Å²) in [6.07, 6.45) is 0. The van der Waals surface area contributed by atoms with Crippen LogP contribution in [0.25, 0.3) is 0 Å². The lowest BCUT2D eigenvalue weighted by Gasteiger charge is -1.82. The van der Waals surface area contributed by atoms with Crippen LogP contribution in [0.1, 0.15) is 20.8 Å². The zero-order chi connectivity index (χ0) is 6.81. The first-order valence-corrected chi connectivity index (χ1v) is 4.55. The molecular formula is C8H15P. The Morgan fingerprint density at radius 2 is 1.33 bits per heavy atom. The maximum atomic E-state index is 2.99. The second-order valence-electron chi connectivity index (χ2n) is 3.89. The third-order valence-corrected chi connectivity index (χ3v) is 5.17. The van der Waals surface area contributed by atoms with Crippen LogP contribution in [0.5, 0.6) is 0 Å². The van der Waals surface area contributed by atoms with Gasteiger partial charge in [0, 0.05) is 0 Å². The SMILES string of the molecule is CC1C(C)C12C(C)C2P. The number of hydrogen-bond acceptors (Lipinski definition) is 0. The highest BCUT2D eigenvalue weighted by Gasteiger charge is 2.77. The Bertz CT molecular complexity index is 115. The van der Waals surface area contributed by atoms with Gasteiger partial charge in [0.25, 0.3) is 0 Å². The average molecular weight is 142 g/mol. The molecule has 0 aliphatic heterocycles. The van der Waals surface area contributed by atoms with Crippen LogP contribution >= 0.6 is 9.24 Å². The third kappa shape index (κ3) is 0.431. The molecule has 5 unspecified atom stereocenters. The van der Waals surface area contributed by atoms with Crippen molar-refractivity contribution < 1.29 is 0 Å². The van der Waals surface area contributed by atoms with Gasteiger partial charge in [-0.2, -0.15) is 0 Å². The maximum Gasteiger partial charge on any atom is -0.0143 e. The number of rotatable bonds is 0. The summed E-state index contributed by atoms with van der Waals surface area (Å²) in [4.78, 5) is 0. The molecule has 9 heavy (non-hydrogen) atoms. The minimum Gasteiger partial charge on any atom is -0.134 e. The molecular weight excluding hydrogens is 127 g/mol. The van der Waals surface area contributed by atoms with Gasteiger partial charge in [-0.3, -0.25) is 0 Å². The van der Waals surface area contributed by atoms with E-state index in [-0.39, 0.29) is 0 Å². The first-order valence-electron chi connectivity index (χ1n) is 3.89. The fourth-order valence-electron chi connectivity index (χ4n) is 2.92. The van der Waals surface area contributed by atoms with Crippen LogP contribution < -0.4 is 0 Å². The molecule has 2 rings (SSSR count). The second-order valence-corrected chi connectivity index (χ2v) is 4.61. The lowest BCUT2D eigenvalue weighted by Crippen LogP contribution is -1.78. The minimum atomic E-state index is 0.796. The normalized spacial score (nSPS) is 70.7. The summed E-state index contributed by atoms with van der Waals surface area (Å²) in [6.45, 7) is 7.17. The molecule has 0 aromatic carbocycles. The van der Waals surface area contributed by atoms with E-state index in [4.69, 9.17) is 0 Å². The predicted octanol–water partition coefficient (Wildman–Crippen LogP) is 2.15. The van der Waals surface area contributed by atoms with Crippen molar-refractivity contribution in [3.8, 4) is 0 Å². The average Bonchev–Trinajstić information content (AvgIpc) is 2.52. The summed E-state index contributed by atoms with van der Waals surface area (Å²) in [5.74, 6) is 3.01. The van der Waals surface area contributed by atoms with E-state index in [0.29, 0.717) is 0 Å². The summed E-state index contributed by atoms with van der Waals surface area (Å²) in [5.41, 5.74) is 1.74. The van der Waals surface area contributed by atoms with Gasteiger partial charge in [-0.15, -0.1) is 9.24 Å². The van der Waals surface area contributed by atoms with Crippen LogP contribution in [0, 0.1) is 23.2 Å². The zero-order valence-electron chi connectivity index (χ0n) is 6.39. The summed E-state index contributed by atoms with van der Waals surface area (Å²) in [5, 5.41) is 0. The lowest BCUT2D eigenvalue weighted by molar-refractivity contribution is 0.675. The highest BCUT2D eigenvalue weighted by atomic mass is 31.0. The Morgan fingerprint density at radius 1 is 1.00 bits per heavy atom. The monoisotopic (exact) mass is 142 g/mol. The van der Waals surface area contributed by atoms with Crippen molar-refractivity contribution >= 4 is 9.24 Å². The molecule has 0 amide bonds. The molecule has 0 saturated heterocycles. The Kier molecular flexibility index (Phi) is 0.938. The summed E-state index contributed by atoms with van der Waals surface area (Å²) < 4.78 is 0. The van der Waals surface area contributed by atoms with Crippen LogP contribution in [-0.4, -0.2) is 5.66 Å². The van der Waals surface area contributed by atoms with Crippen LogP contribution in [0.3, 0.4) is 0 Å². The van der Waals surface area contributed by atoms with Gasteiger partial charge in [-0.25, -0.2) is 0 Å². The van der Waals surface area contributed by atoms with E-state index in [0.717, 1.165) is 28.8 Å². The third-order valence-electron chi connectivity index (χ3n) is 4.01. The summed E-state index contributed by atoms with van der Waals surface area (Å²) in [7, 11) is 2.99. The Hall–Kier alpha value is 0.430. The van der Waals surface area contributed by atoms with Crippen molar-refractivity contribution in [2.75, 3.05) is 0 Å². The van der Waals surface area contributed by atoms with Crippen LogP contribution in [0.4, 0.5) is 0 Å². The van der Waals surface area contributed by atoms with Crippen LogP contribution in [0.15, 0.2) is 0 Å². The molecule has 5 atom stereocenters. The molecule has 52 valence electrons. The Morgan fingerprint density at radius 3 is 1.33 bits per heavy atom. The molecule has 2 aliphatic carbocycles. The molecule has 2 aliphatic rings. The van der Waals surface area contributed by atoms with E-state index in [2.05, 4.69) is 30.0 Å². The molecule has 0 aromatic rings. The predicted molar refractivity (Wildman–Crippen MR) is 43.4 cm³/mol. The van der Waals surface area contributed by atoms with Gasteiger partial charge < -0.3 is 0 Å². The molecule has 0 aromatic heterocycles. The second kappa shape index (κ2) is 1.37. The van der Waals surface area contributed by atoms with Crippen LogP contribution in [0.2, 0.25) is 0 Å². The fourth-order valence-corrected chi connectivity index (χ4v) is 4.06. The molecule has 2 saturated carbocycles. The van der Waals surface area contributed by atoms with Crippen molar-refractivity contribution in [3.63, 3.8) is 0 Å². The van der Waals surface area contributed by atoms with Gasteiger partial charge in [-0.1, -0.05) is 20.8 Å². The first kappa shape index (κ1) is 6.16. The zero-order valence-corrected chi connectivity index (χ0v) is 7.54. The summed E-state index contributed by atoms with van der Waals surface area (Å²) >= 11 is 0. The van der Waals surface area contributed by atoms with Gasteiger partial charge in [-0.05, 0) is 28.8 Å². The molecule has 0 N–H and O–H groups in total. The van der Waals surface area contributed by atoms with E-state index < -0.39 is 0 Å². The lowest BCUT2D eigenvalue weighted by atomic mass is 10.2. The van der Waals surface area contributed by atoms with Gasteiger partial charge in [0.05, 0.1) is 0 Å². The van der Waals surface area contributed by atoms with E-state index in [1.807, 2.05) is 0 Å². The van der Waals surface area contributed by atoms with Gasteiger partial charge in [0.15, 0.2) is 0 Å².